The van der Waals surface area contributed by atoms with Crippen LogP contribution in [0.1, 0.15) is 26.5 Å². The number of pyridine rings is 1. The molecule has 2 N–H and O–H groups in total. The van der Waals surface area contributed by atoms with Crippen molar-refractivity contribution in [1.29, 1.82) is 0 Å². The fourth-order valence-electron chi connectivity index (χ4n) is 3.97. The third kappa shape index (κ3) is 5.80. The Hall–Kier alpha value is -1.96. The fourth-order valence-corrected chi connectivity index (χ4v) is 4.19. The predicted octanol–water partition coefficient (Wildman–Crippen LogP) is 3.31. The number of nitrogens with zero attached hydrogens (tertiary/aromatic N) is 4. The molecule has 1 aliphatic rings. The SMILES string of the molecule is CCN(CC)CCNC(=S)Nc1ccc2cc(N3CCN(CC)CC3)nc(C)c2c1. The molecule has 0 saturated carbocycles. The van der Waals surface area contributed by atoms with E-state index in [1.54, 1.807) is 0 Å². The number of nitrogens with one attached hydrogen (secondary N) is 2. The van der Waals surface area contributed by atoms with Crippen molar-refractivity contribution in [3.8, 4) is 0 Å². The highest BCUT2D eigenvalue weighted by atomic mass is 32.1. The molecule has 0 radical (unpaired) electrons. The Labute approximate surface area is 186 Å². The second kappa shape index (κ2) is 10.9. The summed E-state index contributed by atoms with van der Waals surface area (Å²) in [5, 5.41) is 9.68. The first-order valence-corrected chi connectivity index (χ1v) is 11.6. The Morgan fingerprint density at radius 3 is 2.50 bits per heavy atom. The predicted molar refractivity (Wildman–Crippen MR) is 133 cm³/mol. The molecule has 30 heavy (non-hydrogen) atoms. The Balaban J connectivity index is 1.63. The Morgan fingerprint density at radius 1 is 1.10 bits per heavy atom. The molecule has 7 heteroatoms. The smallest absolute Gasteiger partial charge is 0.170 e. The van der Waals surface area contributed by atoms with Gasteiger partial charge >= 0.3 is 0 Å². The molecular formula is C23H36N6S. The first kappa shape index (κ1) is 22.7. The maximum atomic E-state index is 5.47. The molecule has 1 saturated heterocycles. The normalized spacial score (nSPS) is 15.0. The number of piperazine rings is 1. The van der Waals surface area contributed by atoms with Gasteiger partial charge in [-0.3, -0.25) is 0 Å². The molecule has 0 spiro atoms. The van der Waals surface area contributed by atoms with E-state index in [-0.39, 0.29) is 0 Å². The highest BCUT2D eigenvalue weighted by molar-refractivity contribution is 7.80. The van der Waals surface area contributed by atoms with Crippen molar-refractivity contribution in [3.05, 3.63) is 30.0 Å². The van der Waals surface area contributed by atoms with Crippen LogP contribution in [0.15, 0.2) is 24.3 Å². The molecule has 1 aromatic carbocycles. The molecule has 0 amide bonds. The Bertz CT molecular complexity index is 843. The third-order valence-corrected chi connectivity index (χ3v) is 6.27. The van der Waals surface area contributed by atoms with Crippen LogP contribution >= 0.6 is 12.2 Å². The van der Waals surface area contributed by atoms with E-state index in [1.165, 1.54) is 10.8 Å². The van der Waals surface area contributed by atoms with Gasteiger partial charge in [-0.05, 0) is 62.4 Å². The number of anilines is 2. The third-order valence-electron chi connectivity index (χ3n) is 6.02. The zero-order valence-corrected chi connectivity index (χ0v) is 19.7. The van der Waals surface area contributed by atoms with Gasteiger partial charge in [0.05, 0.1) is 0 Å². The lowest BCUT2D eigenvalue weighted by Gasteiger charge is -2.35. The highest BCUT2D eigenvalue weighted by Gasteiger charge is 2.17. The first-order chi connectivity index (χ1) is 14.5. The van der Waals surface area contributed by atoms with E-state index in [4.69, 9.17) is 17.2 Å². The number of hydrogen-bond acceptors (Lipinski definition) is 5. The number of benzene rings is 1. The molecule has 1 aliphatic heterocycles. The van der Waals surface area contributed by atoms with Gasteiger partial charge in [0.2, 0.25) is 0 Å². The van der Waals surface area contributed by atoms with Gasteiger partial charge in [0, 0.05) is 56.0 Å². The average molecular weight is 429 g/mol. The van der Waals surface area contributed by atoms with Gasteiger partial charge in [0.1, 0.15) is 5.82 Å². The number of aromatic nitrogens is 1. The largest absolute Gasteiger partial charge is 0.361 e. The average Bonchev–Trinajstić information content (AvgIpc) is 2.77. The molecule has 1 fully saturated rings. The lowest BCUT2D eigenvalue weighted by Crippen LogP contribution is -2.46. The second-order valence-electron chi connectivity index (χ2n) is 7.83. The van der Waals surface area contributed by atoms with Gasteiger partial charge in [0.25, 0.3) is 0 Å². The van der Waals surface area contributed by atoms with Crippen LogP contribution in [0.4, 0.5) is 11.5 Å². The van der Waals surface area contributed by atoms with Crippen LogP contribution in [0.3, 0.4) is 0 Å². The molecule has 164 valence electrons. The van der Waals surface area contributed by atoms with Crippen LogP contribution in [0.2, 0.25) is 0 Å². The van der Waals surface area contributed by atoms with Crippen molar-refractivity contribution in [2.24, 2.45) is 0 Å². The fraction of sp³-hybridized carbons (Fsp3) is 0.565. The number of fused-ring (bicyclic) bond motifs is 1. The summed E-state index contributed by atoms with van der Waals surface area (Å²) in [5.41, 5.74) is 2.06. The zero-order valence-electron chi connectivity index (χ0n) is 18.9. The van der Waals surface area contributed by atoms with Crippen LogP contribution in [0, 0.1) is 6.92 Å². The van der Waals surface area contributed by atoms with Crippen molar-refractivity contribution >= 4 is 39.6 Å². The van der Waals surface area contributed by atoms with Gasteiger partial charge in [0.15, 0.2) is 5.11 Å². The maximum absolute atomic E-state index is 5.47. The van der Waals surface area contributed by atoms with Crippen LogP contribution in [0.25, 0.3) is 10.8 Å². The van der Waals surface area contributed by atoms with Gasteiger partial charge in [-0.25, -0.2) is 4.98 Å². The number of thiocarbonyl (C=S) groups is 1. The molecule has 2 heterocycles. The van der Waals surface area contributed by atoms with E-state index >= 15 is 0 Å². The van der Waals surface area contributed by atoms with E-state index in [2.05, 4.69) is 77.3 Å². The minimum absolute atomic E-state index is 0.664. The minimum Gasteiger partial charge on any atom is -0.361 e. The molecule has 6 nitrogen and oxygen atoms in total. The van der Waals surface area contributed by atoms with E-state index in [1.807, 2.05) is 0 Å². The van der Waals surface area contributed by atoms with E-state index in [0.29, 0.717) is 5.11 Å². The van der Waals surface area contributed by atoms with Gasteiger partial charge < -0.3 is 25.3 Å². The molecular weight excluding hydrogens is 392 g/mol. The molecule has 1 aromatic heterocycles. The summed E-state index contributed by atoms with van der Waals surface area (Å²) in [6.45, 7) is 18.1. The Morgan fingerprint density at radius 2 is 1.83 bits per heavy atom. The van der Waals surface area contributed by atoms with E-state index in [0.717, 1.165) is 76.1 Å². The summed E-state index contributed by atoms with van der Waals surface area (Å²) in [6.07, 6.45) is 0. The van der Waals surface area contributed by atoms with Gasteiger partial charge in [-0.2, -0.15) is 0 Å². The van der Waals surface area contributed by atoms with E-state index < -0.39 is 0 Å². The van der Waals surface area contributed by atoms with Crippen LogP contribution in [-0.4, -0.2) is 78.8 Å². The lowest BCUT2D eigenvalue weighted by atomic mass is 10.1. The van der Waals surface area contributed by atoms with Crippen molar-refractivity contribution in [2.75, 3.05) is 69.1 Å². The molecule has 2 aromatic rings. The topological polar surface area (TPSA) is 46.7 Å². The van der Waals surface area contributed by atoms with Gasteiger partial charge in [-0.15, -0.1) is 0 Å². The van der Waals surface area contributed by atoms with Crippen molar-refractivity contribution in [1.82, 2.24) is 20.1 Å². The number of rotatable bonds is 8. The summed E-state index contributed by atoms with van der Waals surface area (Å²) in [6, 6.07) is 8.62. The molecule has 0 atom stereocenters. The van der Waals surface area contributed by atoms with Crippen molar-refractivity contribution in [2.45, 2.75) is 27.7 Å². The monoisotopic (exact) mass is 428 g/mol. The lowest BCUT2D eigenvalue weighted by molar-refractivity contribution is 0.270. The summed E-state index contributed by atoms with van der Waals surface area (Å²) >= 11 is 5.47. The number of likely N-dealkylation sites (N-methyl/N-ethyl adjacent to an activating group) is 2. The highest BCUT2D eigenvalue weighted by Crippen LogP contribution is 2.26. The number of hydrogen-bond donors (Lipinski definition) is 2. The molecule has 3 rings (SSSR count). The Kier molecular flexibility index (Phi) is 8.24. The number of aryl methyl sites for hydroxylation is 1. The van der Waals surface area contributed by atoms with Crippen molar-refractivity contribution < 1.29 is 0 Å². The molecule has 0 aliphatic carbocycles. The second-order valence-corrected chi connectivity index (χ2v) is 8.24. The van der Waals surface area contributed by atoms with Crippen LogP contribution in [-0.2, 0) is 0 Å². The summed E-state index contributed by atoms with van der Waals surface area (Å²) < 4.78 is 0. The summed E-state index contributed by atoms with van der Waals surface area (Å²) in [4.78, 5) is 12.2. The zero-order chi connectivity index (χ0) is 21.5. The van der Waals surface area contributed by atoms with E-state index in [9.17, 15) is 0 Å². The first-order valence-electron chi connectivity index (χ1n) is 11.2. The summed E-state index contributed by atoms with van der Waals surface area (Å²) in [7, 11) is 0. The minimum atomic E-state index is 0.664. The van der Waals surface area contributed by atoms with Crippen LogP contribution in [0.5, 0.6) is 0 Å². The summed E-state index contributed by atoms with van der Waals surface area (Å²) in [5.74, 6) is 1.09. The van der Waals surface area contributed by atoms with Gasteiger partial charge in [-0.1, -0.05) is 26.8 Å². The van der Waals surface area contributed by atoms with Crippen LogP contribution < -0.4 is 15.5 Å². The molecule has 0 bridgehead atoms. The standard InChI is InChI=1S/C23H36N6S/c1-5-27(6-2)11-10-24-23(30)26-20-9-8-19-16-22(25-18(4)21(19)17-20)29-14-12-28(7-3)13-15-29/h8-9,16-17H,5-7,10-15H2,1-4H3,(H2,24,26,30). The maximum Gasteiger partial charge on any atom is 0.170 e. The van der Waals surface area contributed by atoms with Crippen molar-refractivity contribution in [3.63, 3.8) is 0 Å². The molecule has 0 unspecified atom stereocenters. The quantitative estimate of drug-likeness (QED) is 0.626.